The minimum Gasteiger partial charge on any atom is -0.362 e. The molecule has 4 heterocycles. The van der Waals surface area contributed by atoms with Crippen molar-refractivity contribution >= 4 is 40.6 Å². The summed E-state index contributed by atoms with van der Waals surface area (Å²) < 4.78 is 0. The summed E-state index contributed by atoms with van der Waals surface area (Å²) in [6, 6.07) is 7.35. The molecule has 3 aromatic rings. The van der Waals surface area contributed by atoms with Crippen molar-refractivity contribution in [3.05, 3.63) is 75.3 Å². The number of piperidine rings is 1. The first kappa shape index (κ1) is 22.2. The van der Waals surface area contributed by atoms with Gasteiger partial charge in [0.1, 0.15) is 5.82 Å². The van der Waals surface area contributed by atoms with Crippen LogP contribution in [0.1, 0.15) is 52.1 Å². The van der Waals surface area contributed by atoms with Crippen LogP contribution in [0.15, 0.2) is 53.6 Å². The quantitative estimate of drug-likeness (QED) is 0.558. The number of hydrogen-bond donors (Lipinski definition) is 2. The molecule has 0 aliphatic carbocycles. The van der Waals surface area contributed by atoms with E-state index in [2.05, 4.69) is 20.6 Å². The number of thiophene rings is 1. The fourth-order valence-electron chi connectivity index (χ4n) is 3.65. The van der Waals surface area contributed by atoms with E-state index >= 15 is 0 Å². The number of hydrogen-bond acceptors (Lipinski definition) is 6. The second kappa shape index (κ2) is 10.1. The van der Waals surface area contributed by atoms with E-state index in [0.717, 1.165) is 5.56 Å². The van der Waals surface area contributed by atoms with Gasteiger partial charge in [-0.2, -0.15) is 11.3 Å². The molecule has 1 unspecified atom stereocenters. The van der Waals surface area contributed by atoms with Gasteiger partial charge in [0.2, 0.25) is 0 Å². The van der Waals surface area contributed by atoms with Crippen LogP contribution in [0.2, 0.25) is 5.02 Å². The lowest BCUT2D eigenvalue weighted by Gasteiger charge is -2.32. The van der Waals surface area contributed by atoms with Gasteiger partial charge in [-0.25, -0.2) is 4.98 Å². The predicted octanol–water partition coefficient (Wildman–Crippen LogP) is 4.40. The molecule has 0 spiro atoms. The van der Waals surface area contributed by atoms with Crippen molar-refractivity contribution in [1.29, 1.82) is 0 Å². The van der Waals surface area contributed by atoms with Gasteiger partial charge in [0.15, 0.2) is 0 Å². The van der Waals surface area contributed by atoms with Crippen LogP contribution in [-0.4, -0.2) is 45.8 Å². The van der Waals surface area contributed by atoms with Crippen LogP contribution in [0, 0.1) is 0 Å². The summed E-state index contributed by atoms with van der Waals surface area (Å²) in [5.41, 5.74) is 2.15. The largest absolute Gasteiger partial charge is 0.362 e. The van der Waals surface area contributed by atoms with Crippen molar-refractivity contribution in [2.24, 2.45) is 0 Å². The van der Waals surface area contributed by atoms with Crippen LogP contribution in [-0.2, 0) is 0 Å². The molecule has 32 heavy (non-hydrogen) atoms. The third-order valence-corrected chi connectivity index (χ3v) is 6.50. The average Bonchev–Trinajstić information content (AvgIpc) is 3.36. The number of likely N-dealkylation sites (tertiary alicyclic amines) is 1. The normalized spacial score (nSPS) is 15.2. The van der Waals surface area contributed by atoms with Crippen LogP contribution in [0.25, 0.3) is 0 Å². The summed E-state index contributed by atoms with van der Waals surface area (Å²) in [6.07, 6.45) is 6.49. The number of nitrogens with zero attached hydrogens (tertiary/aromatic N) is 3. The Morgan fingerprint density at radius 1 is 1.22 bits per heavy atom. The van der Waals surface area contributed by atoms with Crippen LogP contribution < -0.4 is 10.6 Å². The number of amides is 2. The number of carbonyl (C=O) groups excluding carboxylic acids is 2. The van der Waals surface area contributed by atoms with Gasteiger partial charge in [0, 0.05) is 48.7 Å². The third kappa shape index (κ3) is 5.26. The smallest absolute Gasteiger partial charge is 0.255 e. The highest BCUT2D eigenvalue weighted by Crippen LogP contribution is 2.26. The van der Waals surface area contributed by atoms with Crippen molar-refractivity contribution in [2.45, 2.75) is 31.8 Å². The van der Waals surface area contributed by atoms with Gasteiger partial charge in [-0.1, -0.05) is 17.7 Å². The standard InChI is InChI=1S/C23H24ClN5O2S/c1-15(16-3-2-7-25-12-16)27-21-20(24)11-18(13-26-21)23(31)29-8-4-19(5-9-29)28-22(30)17-6-10-32-14-17/h2-3,6-7,10-15,19H,4-5,8-9H2,1H3,(H,26,27)(H,28,30). The van der Waals surface area contributed by atoms with E-state index in [1.165, 1.54) is 11.3 Å². The van der Waals surface area contributed by atoms with Crippen LogP contribution >= 0.6 is 22.9 Å². The number of carbonyl (C=O) groups is 2. The lowest BCUT2D eigenvalue weighted by molar-refractivity contribution is 0.0697. The summed E-state index contributed by atoms with van der Waals surface area (Å²) in [5.74, 6) is 0.360. The average molecular weight is 470 g/mol. The Morgan fingerprint density at radius 2 is 2.03 bits per heavy atom. The molecular weight excluding hydrogens is 446 g/mol. The first-order valence-corrected chi connectivity index (χ1v) is 11.8. The summed E-state index contributed by atoms with van der Waals surface area (Å²) in [7, 11) is 0. The minimum absolute atomic E-state index is 0.0291. The Kier molecular flexibility index (Phi) is 7.02. The molecule has 1 saturated heterocycles. The van der Waals surface area contributed by atoms with E-state index in [4.69, 9.17) is 11.6 Å². The third-order valence-electron chi connectivity index (χ3n) is 5.53. The summed E-state index contributed by atoms with van der Waals surface area (Å²) in [6.45, 7) is 3.14. The molecule has 1 atom stereocenters. The number of nitrogens with one attached hydrogen (secondary N) is 2. The van der Waals surface area contributed by atoms with Gasteiger partial charge < -0.3 is 15.5 Å². The van der Waals surface area contributed by atoms with E-state index in [1.807, 2.05) is 35.9 Å². The predicted molar refractivity (Wildman–Crippen MR) is 126 cm³/mol. The van der Waals surface area contributed by atoms with Gasteiger partial charge in [-0.3, -0.25) is 14.6 Å². The van der Waals surface area contributed by atoms with Crippen molar-refractivity contribution in [3.63, 3.8) is 0 Å². The molecule has 1 aliphatic heterocycles. The highest BCUT2D eigenvalue weighted by molar-refractivity contribution is 7.08. The van der Waals surface area contributed by atoms with Crippen molar-refractivity contribution < 1.29 is 9.59 Å². The number of anilines is 1. The molecule has 3 aromatic heterocycles. The molecule has 0 saturated carbocycles. The van der Waals surface area contributed by atoms with Crippen molar-refractivity contribution in [1.82, 2.24) is 20.2 Å². The molecule has 2 N–H and O–H groups in total. The van der Waals surface area contributed by atoms with E-state index in [0.29, 0.717) is 47.9 Å². The van der Waals surface area contributed by atoms with E-state index in [1.54, 1.807) is 29.6 Å². The maximum absolute atomic E-state index is 12.9. The second-order valence-corrected chi connectivity index (χ2v) is 8.95. The summed E-state index contributed by atoms with van der Waals surface area (Å²) >= 11 is 7.91. The second-order valence-electron chi connectivity index (χ2n) is 7.76. The molecule has 2 amide bonds. The Balaban J connectivity index is 1.33. The number of pyridine rings is 2. The summed E-state index contributed by atoms with van der Waals surface area (Å²) in [5, 5.41) is 10.4. The Morgan fingerprint density at radius 3 is 2.69 bits per heavy atom. The molecule has 4 rings (SSSR count). The zero-order chi connectivity index (χ0) is 22.5. The zero-order valence-corrected chi connectivity index (χ0v) is 19.2. The van der Waals surface area contributed by atoms with Gasteiger partial charge in [0.05, 0.1) is 16.6 Å². The molecule has 0 radical (unpaired) electrons. The van der Waals surface area contributed by atoms with Gasteiger partial charge in [-0.05, 0) is 48.9 Å². The summed E-state index contributed by atoms with van der Waals surface area (Å²) in [4.78, 5) is 35.5. The zero-order valence-electron chi connectivity index (χ0n) is 17.6. The maximum atomic E-state index is 12.9. The lowest BCUT2D eigenvalue weighted by Crippen LogP contribution is -2.46. The molecule has 9 heteroatoms. The van der Waals surface area contributed by atoms with E-state index in [9.17, 15) is 9.59 Å². The topological polar surface area (TPSA) is 87.2 Å². The Labute approximate surface area is 195 Å². The monoisotopic (exact) mass is 469 g/mol. The van der Waals surface area contributed by atoms with Crippen molar-refractivity contribution in [3.8, 4) is 0 Å². The molecule has 1 aliphatic rings. The first-order chi connectivity index (χ1) is 15.5. The molecule has 0 aromatic carbocycles. The Hall–Kier alpha value is -2.97. The number of halogens is 1. The number of aromatic nitrogens is 2. The molecular formula is C23H24ClN5O2S. The van der Waals surface area contributed by atoms with Crippen LogP contribution in [0.3, 0.4) is 0 Å². The molecule has 1 fully saturated rings. The van der Waals surface area contributed by atoms with Crippen LogP contribution in [0.5, 0.6) is 0 Å². The Bertz CT molecular complexity index is 1070. The fourth-order valence-corrected chi connectivity index (χ4v) is 4.51. The first-order valence-electron chi connectivity index (χ1n) is 10.5. The fraction of sp³-hybridized carbons (Fsp3) is 0.304. The van der Waals surface area contributed by atoms with Gasteiger partial charge in [0.25, 0.3) is 11.8 Å². The SMILES string of the molecule is CC(Nc1ncc(C(=O)N2CCC(NC(=O)c3ccsc3)CC2)cc1Cl)c1cccnc1. The highest BCUT2D eigenvalue weighted by Gasteiger charge is 2.25. The molecule has 166 valence electrons. The van der Waals surface area contributed by atoms with Crippen molar-refractivity contribution in [2.75, 3.05) is 18.4 Å². The highest BCUT2D eigenvalue weighted by atomic mass is 35.5. The maximum Gasteiger partial charge on any atom is 0.255 e. The number of rotatable bonds is 6. The van der Waals surface area contributed by atoms with E-state index < -0.39 is 0 Å². The molecule has 7 nitrogen and oxygen atoms in total. The van der Waals surface area contributed by atoms with E-state index in [-0.39, 0.29) is 23.9 Å². The molecule has 0 bridgehead atoms. The van der Waals surface area contributed by atoms with Gasteiger partial charge >= 0.3 is 0 Å². The van der Waals surface area contributed by atoms with Gasteiger partial charge in [-0.15, -0.1) is 0 Å². The van der Waals surface area contributed by atoms with Crippen LogP contribution in [0.4, 0.5) is 5.82 Å². The minimum atomic E-state index is -0.103. The lowest BCUT2D eigenvalue weighted by atomic mass is 10.0.